The molecule has 1 amide bonds. The smallest absolute Gasteiger partial charge is 0.408 e. The van der Waals surface area contributed by atoms with Gasteiger partial charge in [-0.2, -0.15) is 0 Å². The van der Waals surface area contributed by atoms with Crippen LogP contribution in [0.3, 0.4) is 0 Å². The van der Waals surface area contributed by atoms with E-state index in [1.54, 1.807) is 6.92 Å². The molecular formula is C18H25NO5. The molecule has 24 heavy (non-hydrogen) atoms. The van der Waals surface area contributed by atoms with Crippen LogP contribution in [0.4, 0.5) is 4.79 Å². The minimum atomic E-state index is -1.33. The molecule has 0 fully saturated rings. The van der Waals surface area contributed by atoms with Gasteiger partial charge in [-0.3, -0.25) is 4.79 Å². The summed E-state index contributed by atoms with van der Waals surface area (Å²) in [6, 6.07) is 8.12. The van der Waals surface area contributed by atoms with Crippen molar-refractivity contribution >= 4 is 17.8 Å². The van der Waals surface area contributed by atoms with Crippen molar-refractivity contribution in [1.29, 1.82) is 0 Å². The average molecular weight is 335 g/mol. The van der Waals surface area contributed by atoms with Crippen LogP contribution >= 0.6 is 0 Å². The third-order valence-electron chi connectivity index (χ3n) is 3.34. The molecular weight excluding hydrogens is 310 g/mol. The summed E-state index contributed by atoms with van der Waals surface area (Å²) < 4.78 is 9.82. The lowest BCUT2D eigenvalue weighted by Crippen LogP contribution is -2.47. The second-order valence-electron chi connectivity index (χ2n) is 5.27. The van der Waals surface area contributed by atoms with Crippen LogP contribution in [0.2, 0.25) is 0 Å². The molecule has 1 N–H and O–H groups in total. The Labute approximate surface area is 142 Å². The number of carbonyl (C=O) groups is 3. The molecule has 0 aliphatic carbocycles. The number of ketones is 1. The van der Waals surface area contributed by atoms with E-state index in [1.807, 2.05) is 37.3 Å². The highest BCUT2D eigenvalue weighted by atomic mass is 16.6. The van der Waals surface area contributed by atoms with Gasteiger partial charge in [0.25, 0.3) is 0 Å². The number of hydrogen-bond acceptors (Lipinski definition) is 5. The Kier molecular flexibility index (Phi) is 9.19. The molecule has 0 aliphatic heterocycles. The van der Waals surface area contributed by atoms with Crippen molar-refractivity contribution in [3.8, 4) is 0 Å². The number of rotatable bonds is 10. The molecule has 1 atom stereocenters. The fourth-order valence-corrected chi connectivity index (χ4v) is 2.02. The van der Waals surface area contributed by atoms with E-state index in [0.717, 1.165) is 18.4 Å². The van der Waals surface area contributed by atoms with Gasteiger partial charge in [0.05, 0.1) is 13.2 Å². The number of carbonyl (C=O) groups excluding carboxylic acids is 3. The minimum Gasteiger partial charge on any atom is -0.464 e. The summed E-state index contributed by atoms with van der Waals surface area (Å²) in [5.41, 5.74) is 0.985. The van der Waals surface area contributed by atoms with E-state index in [1.165, 1.54) is 0 Å². The van der Waals surface area contributed by atoms with Gasteiger partial charge >= 0.3 is 12.1 Å². The molecule has 6 nitrogen and oxygen atoms in total. The molecule has 0 radical (unpaired) electrons. The molecule has 1 unspecified atom stereocenters. The van der Waals surface area contributed by atoms with Crippen molar-refractivity contribution in [3.05, 3.63) is 35.9 Å². The second kappa shape index (κ2) is 11.2. The number of ether oxygens (including phenoxy) is 2. The van der Waals surface area contributed by atoms with Crippen molar-refractivity contribution in [3.63, 3.8) is 0 Å². The maximum Gasteiger partial charge on any atom is 0.408 e. The molecule has 0 saturated carbocycles. The number of benzene rings is 1. The SMILES string of the molecule is CCCCOC(=O)NC(C(=O)CCc1ccccc1)C(=O)OCC. The Morgan fingerprint density at radius 2 is 1.79 bits per heavy atom. The lowest BCUT2D eigenvalue weighted by atomic mass is 10.0. The standard InChI is InChI=1S/C18H25NO5/c1-3-5-13-24-18(22)19-16(17(21)23-4-2)15(20)12-11-14-9-7-6-8-10-14/h6-10,16H,3-5,11-13H2,1-2H3,(H,19,22). The first-order valence-electron chi connectivity index (χ1n) is 8.25. The number of hydrogen-bond donors (Lipinski definition) is 1. The Bertz CT molecular complexity index is 529. The van der Waals surface area contributed by atoms with Crippen LogP contribution < -0.4 is 5.32 Å². The average Bonchev–Trinajstić information content (AvgIpc) is 2.59. The molecule has 1 aromatic rings. The number of esters is 1. The van der Waals surface area contributed by atoms with E-state index in [0.29, 0.717) is 6.42 Å². The van der Waals surface area contributed by atoms with E-state index in [9.17, 15) is 14.4 Å². The summed E-state index contributed by atoms with van der Waals surface area (Å²) in [7, 11) is 0. The van der Waals surface area contributed by atoms with Crippen molar-refractivity contribution in [2.24, 2.45) is 0 Å². The van der Waals surface area contributed by atoms with E-state index in [2.05, 4.69) is 5.32 Å². The molecule has 0 bridgehead atoms. The van der Waals surface area contributed by atoms with Gasteiger partial charge in [-0.05, 0) is 25.3 Å². The molecule has 0 aliphatic rings. The van der Waals surface area contributed by atoms with Crippen molar-refractivity contribution < 1.29 is 23.9 Å². The van der Waals surface area contributed by atoms with Crippen LogP contribution in [0.5, 0.6) is 0 Å². The number of Topliss-reactive ketones (excluding diaryl/α,β-unsaturated/α-hetero) is 1. The normalized spacial score (nSPS) is 11.4. The minimum absolute atomic E-state index is 0.128. The first-order chi connectivity index (χ1) is 11.6. The lowest BCUT2D eigenvalue weighted by molar-refractivity contribution is -0.148. The third kappa shape index (κ3) is 7.26. The predicted octanol–water partition coefficient (Wildman–Crippen LogP) is 2.65. The lowest BCUT2D eigenvalue weighted by Gasteiger charge is -2.16. The van der Waals surface area contributed by atoms with Gasteiger partial charge < -0.3 is 14.8 Å². The van der Waals surface area contributed by atoms with Crippen LogP contribution in [-0.4, -0.2) is 37.1 Å². The summed E-state index contributed by atoms with van der Waals surface area (Å²) >= 11 is 0. The molecule has 0 spiro atoms. The van der Waals surface area contributed by atoms with Gasteiger partial charge in [-0.15, -0.1) is 0 Å². The summed E-state index contributed by atoms with van der Waals surface area (Å²) in [6.07, 6.45) is 1.43. The topological polar surface area (TPSA) is 81.7 Å². The molecule has 6 heteroatoms. The van der Waals surface area contributed by atoms with Gasteiger partial charge in [0.2, 0.25) is 0 Å². The Hall–Kier alpha value is -2.37. The number of alkyl carbamates (subject to hydrolysis) is 1. The number of nitrogens with one attached hydrogen (secondary N) is 1. The quantitative estimate of drug-likeness (QED) is 0.404. The Morgan fingerprint density at radius 1 is 1.08 bits per heavy atom. The summed E-state index contributed by atoms with van der Waals surface area (Å²) in [4.78, 5) is 36.0. The van der Waals surface area contributed by atoms with E-state index >= 15 is 0 Å². The fraction of sp³-hybridized carbons (Fsp3) is 0.500. The van der Waals surface area contributed by atoms with Crippen molar-refractivity contribution in [2.45, 2.75) is 45.6 Å². The predicted molar refractivity (Wildman–Crippen MR) is 89.6 cm³/mol. The summed E-state index contributed by atoms with van der Waals surface area (Å²) in [5.74, 6) is -1.16. The van der Waals surface area contributed by atoms with E-state index < -0.39 is 23.9 Å². The van der Waals surface area contributed by atoms with Crippen LogP contribution in [0.15, 0.2) is 30.3 Å². The highest BCUT2D eigenvalue weighted by Gasteiger charge is 2.29. The molecule has 0 heterocycles. The monoisotopic (exact) mass is 335 g/mol. The van der Waals surface area contributed by atoms with Gasteiger partial charge in [0.1, 0.15) is 0 Å². The zero-order valence-electron chi connectivity index (χ0n) is 14.2. The Balaban J connectivity index is 2.61. The van der Waals surface area contributed by atoms with Crippen LogP contribution in [0.25, 0.3) is 0 Å². The zero-order valence-corrected chi connectivity index (χ0v) is 14.2. The van der Waals surface area contributed by atoms with E-state index in [4.69, 9.17) is 9.47 Å². The number of amides is 1. The maximum atomic E-state index is 12.3. The third-order valence-corrected chi connectivity index (χ3v) is 3.34. The second-order valence-corrected chi connectivity index (χ2v) is 5.27. The van der Waals surface area contributed by atoms with E-state index in [-0.39, 0.29) is 19.6 Å². The molecule has 1 aromatic carbocycles. The van der Waals surface area contributed by atoms with Gasteiger partial charge in [-0.25, -0.2) is 9.59 Å². The molecule has 132 valence electrons. The van der Waals surface area contributed by atoms with Crippen molar-refractivity contribution in [2.75, 3.05) is 13.2 Å². The highest BCUT2D eigenvalue weighted by molar-refractivity contribution is 6.05. The van der Waals surface area contributed by atoms with Crippen LogP contribution in [-0.2, 0) is 25.5 Å². The Morgan fingerprint density at radius 3 is 2.42 bits per heavy atom. The number of aryl methyl sites for hydroxylation is 1. The first-order valence-corrected chi connectivity index (χ1v) is 8.25. The first kappa shape index (κ1) is 19.7. The molecule has 0 aromatic heterocycles. The fourth-order valence-electron chi connectivity index (χ4n) is 2.02. The number of unbranched alkanes of at least 4 members (excludes halogenated alkanes) is 1. The van der Waals surface area contributed by atoms with Gasteiger partial charge in [-0.1, -0.05) is 43.7 Å². The highest BCUT2D eigenvalue weighted by Crippen LogP contribution is 2.06. The summed E-state index contributed by atoms with van der Waals surface area (Å²) in [6.45, 7) is 3.99. The summed E-state index contributed by atoms with van der Waals surface area (Å²) in [5, 5.41) is 2.31. The molecule has 0 saturated heterocycles. The zero-order chi connectivity index (χ0) is 17.8. The van der Waals surface area contributed by atoms with Gasteiger partial charge in [0.15, 0.2) is 11.8 Å². The maximum absolute atomic E-state index is 12.3. The largest absolute Gasteiger partial charge is 0.464 e. The van der Waals surface area contributed by atoms with Crippen LogP contribution in [0, 0.1) is 0 Å². The van der Waals surface area contributed by atoms with Crippen LogP contribution in [0.1, 0.15) is 38.7 Å². The molecule has 1 rings (SSSR count). The van der Waals surface area contributed by atoms with Crippen molar-refractivity contribution in [1.82, 2.24) is 5.32 Å². The van der Waals surface area contributed by atoms with Gasteiger partial charge in [0, 0.05) is 6.42 Å².